The molecule has 2 aromatic carbocycles. The summed E-state index contributed by atoms with van der Waals surface area (Å²) < 4.78 is 11.5. The van der Waals surface area contributed by atoms with Gasteiger partial charge in [0.05, 0.1) is 13.2 Å². The number of rotatable bonds is 14. The maximum Gasteiger partial charge on any atom is 0.369 e. The maximum atomic E-state index is 12.6. The Morgan fingerprint density at radius 3 is 1.39 bits per heavy atom. The minimum atomic E-state index is -0.616. The van der Waals surface area contributed by atoms with Crippen LogP contribution in [0.5, 0.6) is 11.5 Å². The van der Waals surface area contributed by atoms with Crippen molar-refractivity contribution in [3.05, 3.63) is 84.0 Å². The van der Waals surface area contributed by atoms with Crippen LogP contribution in [0.25, 0.3) is 0 Å². The van der Waals surface area contributed by atoms with Gasteiger partial charge in [-0.05, 0) is 61.4 Å². The third kappa shape index (κ3) is 9.03. The standard InChI is InChI=1S/C30H34N2O6/c1-3-5-11-21-35-27-15-9-7-13-25(27)29(33)37-31-23-17-19-24(20-18-23)32-38-30(34)26-14-8-10-16-28(26)36-22-12-6-4-2/h7-10,13-20H,3-6,11-12,21-22H2,1-2H3. The second-order valence-electron chi connectivity index (χ2n) is 8.56. The highest BCUT2D eigenvalue weighted by Gasteiger charge is 2.16. The molecular formula is C30H34N2O6. The summed E-state index contributed by atoms with van der Waals surface area (Å²) in [6, 6.07) is 13.8. The van der Waals surface area contributed by atoms with Crippen molar-refractivity contribution in [3.8, 4) is 11.5 Å². The highest BCUT2D eigenvalue weighted by atomic mass is 16.7. The highest BCUT2D eigenvalue weighted by Crippen LogP contribution is 2.21. The maximum absolute atomic E-state index is 12.6. The first kappa shape index (κ1) is 28.4. The van der Waals surface area contributed by atoms with Gasteiger partial charge < -0.3 is 19.1 Å². The number of para-hydroxylation sites is 2. The molecular weight excluding hydrogens is 484 g/mol. The number of benzene rings is 2. The molecule has 1 aliphatic carbocycles. The van der Waals surface area contributed by atoms with Crippen LogP contribution in [-0.2, 0) is 9.68 Å². The molecule has 0 unspecified atom stereocenters. The Balaban J connectivity index is 1.53. The summed E-state index contributed by atoms with van der Waals surface area (Å²) in [6.07, 6.45) is 12.5. The number of unbranched alkanes of at least 4 members (excludes halogenated alkanes) is 4. The van der Waals surface area contributed by atoms with Gasteiger partial charge in [-0.15, -0.1) is 0 Å². The molecule has 3 rings (SSSR count). The van der Waals surface area contributed by atoms with Gasteiger partial charge in [-0.2, -0.15) is 0 Å². The molecule has 8 heteroatoms. The third-order valence-corrected chi connectivity index (χ3v) is 5.54. The van der Waals surface area contributed by atoms with E-state index in [1.165, 1.54) is 0 Å². The fourth-order valence-corrected chi connectivity index (χ4v) is 3.45. The molecule has 200 valence electrons. The van der Waals surface area contributed by atoms with Crippen molar-refractivity contribution >= 4 is 23.4 Å². The van der Waals surface area contributed by atoms with E-state index in [0.717, 1.165) is 38.5 Å². The van der Waals surface area contributed by atoms with Crippen molar-refractivity contribution in [3.63, 3.8) is 0 Å². The number of ether oxygens (including phenoxy) is 2. The van der Waals surface area contributed by atoms with Crippen LogP contribution in [0, 0.1) is 0 Å². The van der Waals surface area contributed by atoms with Gasteiger partial charge in [0.25, 0.3) is 0 Å². The number of hydrogen-bond donors (Lipinski definition) is 0. The van der Waals surface area contributed by atoms with Crippen molar-refractivity contribution in [2.75, 3.05) is 13.2 Å². The summed E-state index contributed by atoms with van der Waals surface area (Å²) in [7, 11) is 0. The molecule has 38 heavy (non-hydrogen) atoms. The molecule has 2 aromatic rings. The smallest absolute Gasteiger partial charge is 0.369 e. The van der Waals surface area contributed by atoms with Crippen LogP contribution in [0.4, 0.5) is 0 Å². The van der Waals surface area contributed by atoms with E-state index >= 15 is 0 Å². The van der Waals surface area contributed by atoms with E-state index in [-0.39, 0.29) is 0 Å². The lowest BCUT2D eigenvalue weighted by atomic mass is 10.1. The fourth-order valence-electron chi connectivity index (χ4n) is 3.45. The SMILES string of the molecule is CCCCCOc1ccccc1C(=O)ON=C1C=CC(=NOC(=O)c2ccccc2OCCCCC)C=C1. The number of carbonyl (C=O) groups excluding carboxylic acids is 2. The first-order chi connectivity index (χ1) is 18.6. The van der Waals surface area contributed by atoms with Gasteiger partial charge in [-0.3, -0.25) is 0 Å². The van der Waals surface area contributed by atoms with E-state index < -0.39 is 11.9 Å². The molecule has 0 saturated carbocycles. The lowest BCUT2D eigenvalue weighted by Gasteiger charge is -2.10. The normalized spacial score (nSPS) is 12.2. The number of oxime groups is 2. The minimum Gasteiger partial charge on any atom is -0.493 e. The average molecular weight is 519 g/mol. The van der Waals surface area contributed by atoms with Crippen LogP contribution in [-0.4, -0.2) is 36.6 Å². The fraction of sp³-hybridized carbons (Fsp3) is 0.333. The van der Waals surface area contributed by atoms with Crippen molar-refractivity contribution in [2.45, 2.75) is 52.4 Å². The molecule has 0 N–H and O–H groups in total. The lowest BCUT2D eigenvalue weighted by Crippen LogP contribution is -2.09. The minimum absolute atomic E-state index is 0.306. The van der Waals surface area contributed by atoms with Crippen molar-refractivity contribution in [1.29, 1.82) is 0 Å². The highest BCUT2D eigenvalue weighted by molar-refractivity contribution is 6.18. The molecule has 0 atom stereocenters. The Hall–Kier alpha value is -4.20. The molecule has 0 fully saturated rings. The molecule has 0 bridgehead atoms. The Bertz CT molecular complexity index is 1090. The van der Waals surface area contributed by atoms with Gasteiger partial charge in [0.1, 0.15) is 34.0 Å². The van der Waals surface area contributed by atoms with Crippen LogP contribution >= 0.6 is 0 Å². The molecule has 1 aliphatic rings. The number of hydrogen-bond acceptors (Lipinski definition) is 8. The zero-order valence-electron chi connectivity index (χ0n) is 21.9. The van der Waals surface area contributed by atoms with E-state index in [2.05, 4.69) is 24.2 Å². The van der Waals surface area contributed by atoms with Gasteiger partial charge in [-0.25, -0.2) is 9.59 Å². The average Bonchev–Trinajstić information content (AvgIpc) is 2.96. The number of carbonyl (C=O) groups is 2. The summed E-state index contributed by atoms with van der Waals surface area (Å²) in [5.41, 5.74) is 1.41. The molecule has 0 aromatic heterocycles. The van der Waals surface area contributed by atoms with Crippen LogP contribution in [0.3, 0.4) is 0 Å². The Morgan fingerprint density at radius 2 is 1.00 bits per heavy atom. The lowest BCUT2D eigenvalue weighted by molar-refractivity contribution is 0.0502. The third-order valence-electron chi connectivity index (χ3n) is 5.54. The largest absolute Gasteiger partial charge is 0.493 e. The van der Waals surface area contributed by atoms with Crippen LogP contribution in [0.2, 0.25) is 0 Å². The molecule has 8 nitrogen and oxygen atoms in total. The summed E-state index contributed by atoms with van der Waals surface area (Å²) in [6.45, 7) is 5.29. The van der Waals surface area contributed by atoms with Gasteiger partial charge >= 0.3 is 11.9 Å². The summed E-state index contributed by atoms with van der Waals surface area (Å²) in [5, 5.41) is 7.80. The van der Waals surface area contributed by atoms with Gasteiger partial charge in [0.2, 0.25) is 0 Å². The van der Waals surface area contributed by atoms with Gasteiger partial charge in [0.15, 0.2) is 0 Å². The van der Waals surface area contributed by atoms with Crippen LogP contribution in [0.1, 0.15) is 73.1 Å². The summed E-state index contributed by atoms with van der Waals surface area (Å²) in [4.78, 5) is 35.3. The predicted octanol–water partition coefficient (Wildman–Crippen LogP) is 6.68. The summed E-state index contributed by atoms with van der Waals surface area (Å²) in [5.74, 6) is -0.302. The number of allylic oxidation sites excluding steroid dienone is 4. The molecule has 0 amide bonds. The Labute approximate surface area is 223 Å². The molecule has 0 radical (unpaired) electrons. The zero-order chi connectivity index (χ0) is 27.0. The van der Waals surface area contributed by atoms with E-state index in [1.54, 1.807) is 72.8 Å². The molecule has 0 saturated heterocycles. The zero-order valence-corrected chi connectivity index (χ0v) is 21.9. The van der Waals surface area contributed by atoms with Crippen LogP contribution < -0.4 is 9.47 Å². The van der Waals surface area contributed by atoms with E-state index in [4.69, 9.17) is 19.1 Å². The van der Waals surface area contributed by atoms with Crippen LogP contribution in [0.15, 0.2) is 83.1 Å². The van der Waals surface area contributed by atoms with E-state index in [1.807, 2.05) is 0 Å². The topological polar surface area (TPSA) is 95.8 Å². The van der Waals surface area contributed by atoms with E-state index in [0.29, 0.717) is 47.3 Å². The Morgan fingerprint density at radius 1 is 0.605 bits per heavy atom. The monoisotopic (exact) mass is 518 g/mol. The molecule has 0 aliphatic heterocycles. The Kier molecular flexibility index (Phi) is 11.8. The predicted molar refractivity (Wildman–Crippen MR) is 147 cm³/mol. The molecule has 0 heterocycles. The van der Waals surface area contributed by atoms with Crippen molar-refractivity contribution in [1.82, 2.24) is 0 Å². The second kappa shape index (κ2) is 15.8. The number of nitrogens with zero attached hydrogens (tertiary/aromatic N) is 2. The summed E-state index contributed by atoms with van der Waals surface area (Å²) >= 11 is 0. The second-order valence-corrected chi connectivity index (χ2v) is 8.56. The van der Waals surface area contributed by atoms with E-state index in [9.17, 15) is 9.59 Å². The first-order valence-corrected chi connectivity index (χ1v) is 13.0. The van der Waals surface area contributed by atoms with Gasteiger partial charge in [0, 0.05) is 0 Å². The van der Waals surface area contributed by atoms with Crippen molar-refractivity contribution < 1.29 is 28.7 Å². The van der Waals surface area contributed by atoms with Crippen molar-refractivity contribution in [2.24, 2.45) is 10.3 Å². The quantitative estimate of drug-likeness (QED) is 0.120. The molecule has 0 spiro atoms. The van der Waals surface area contributed by atoms with Gasteiger partial charge in [-0.1, -0.05) is 74.1 Å². The first-order valence-electron chi connectivity index (χ1n) is 13.0.